The van der Waals surface area contributed by atoms with E-state index < -0.39 is 0 Å². The first-order valence-electron chi connectivity index (χ1n) is 8.26. The van der Waals surface area contributed by atoms with Crippen LogP contribution in [0.2, 0.25) is 0 Å². The summed E-state index contributed by atoms with van der Waals surface area (Å²) in [5, 5.41) is 3.40. The Morgan fingerprint density at radius 3 is 2.30 bits per heavy atom. The molecule has 0 atom stereocenters. The van der Waals surface area contributed by atoms with Gasteiger partial charge in [0.25, 0.3) is 0 Å². The number of ether oxygens (including phenoxy) is 1. The minimum atomic E-state index is 0.822. The fourth-order valence-corrected chi connectivity index (χ4v) is 2.24. The number of benzene rings is 1. The van der Waals surface area contributed by atoms with E-state index in [1.165, 1.54) is 50.5 Å². The van der Waals surface area contributed by atoms with Gasteiger partial charge in [-0.1, -0.05) is 75.8 Å². The lowest BCUT2D eigenvalue weighted by Gasteiger charge is -2.06. The summed E-state index contributed by atoms with van der Waals surface area (Å²) >= 11 is 0. The SMILES string of the molecule is CCCCCCCCCOCCNCc1ccccc1. The molecule has 2 nitrogen and oxygen atoms in total. The van der Waals surface area contributed by atoms with Crippen LogP contribution >= 0.6 is 0 Å². The van der Waals surface area contributed by atoms with Crippen molar-refractivity contribution in [2.24, 2.45) is 0 Å². The van der Waals surface area contributed by atoms with Crippen LogP contribution in [0.4, 0.5) is 0 Å². The highest BCUT2D eigenvalue weighted by Crippen LogP contribution is 2.06. The van der Waals surface area contributed by atoms with Gasteiger partial charge in [0.1, 0.15) is 0 Å². The maximum Gasteiger partial charge on any atom is 0.0591 e. The third-order valence-electron chi connectivity index (χ3n) is 3.49. The van der Waals surface area contributed by atoms with Gasteiger partial charge in [-0.15, -0.1) is 0 Å². The summed E-state index contributed by atoms with van der Waals surface area (Å²) < 4.78 is 5.64. The van der Waals surface area contributed by atoms with E-state index >= 15 is 0 Å². The highest BCUT2D eigenvalue weighted by molar-refractivity contribution is 5.14. The fraction of sp³-hybridized carbons (Fsp3) is 0.667. The van der Waals surface area contributed by atoms with E-state index in [9.17, 15) is 0 Å². The van der Waals surface area contributed by atoms with Gasteiger partial charge in [-0.05, 0) is 12.0 Å². The molecule has 1 aromatic rings. The molecule has 2 heteroatoms. The van der Waals surface area contributed by atoms with E-state index in [0.29, 0.717) is 0 Å². The Hall–Kier alpha value is -0.860. The van der Waals surface area contributed by atoms with E-state index in [0.717, 1.165) is 26.3 Å². The molecule has 0 unspecified atom stereocenters. The highest BCUT2D eigenvalue weighted by Gasteiger charge is 1.93. The molecule has 0 aliphatic carbocycles. The molecule has 1 N–H and O–H groups in total. The largest absolute Gasteiger partial charge is 0.380 e. The predicted molar refractivity (Wildman–Crippen MR) is 87.0 cm³/mol. The van der Waals surface area contributed by atoms with E-state index in [-0.39, 0.29) is 0 Å². The summed E-state index contributed by atoms with van der Waals surface area (Å²) in [4.78, 5) is 0. The average Bonchev–Trinajstić information content (AvgIpc) is 2.49. The molecule has 0 amide bonds. The van der Waals surface area contributed by atoms with Crippen LogP contribution in [0.1, 0.15) is 57.4 Å². The van der Waals surface area contributed by atoms with E-state index in [2.05, 4.69) is 42.6 Å². The number of nitrogens with one attached hydrogen (secondary N) is 1. The first kappa shape index (κ1) is 17.2. The minimum absolute atomic E-state index is 0.822. The molecule has 0 radical (unpaired) electrons. The number of hydrogen-bond acceptors (Lipinski definition) is 2. The Morgan fingerprint density at radius 2 is 1.55 bits per heavy atom. The van der Waals surface area contributed by atoms with Crippen molar-refractivity contribution in [2.75, 3.05) is 19.8 Å². The molecule has 114 valence electrons. The van der Waals surface area contributed by atoms with Crippen LogP contribution in [-0.2, 0) is 11.3 Å². The lowest BCUT2D eigenvalue weighted by molar-refractivity contribution is 0.131. The Balaban J connectivity index is 1.77. The number of hydrogen-bond donors (Lipinski definition) is 1. The molecule has 1 rings (SSSR count). The van der Waals surface area contributed by atoms with Crippen molar-refractivity contribution in [3.8, 4) is 0 Å². The minimum Gasteiger partial charge on any atom is -0.380 e. The monoisotopic (exact) mass is 277 g/mol. The lowest BCUT2D eigenvalue weighted by Crippen LogP contribution is -2.19. The van der Waals surface area contributed by atoms with Gasteiger partial charge >= 0.3 is 0 Å². The van der Waals surface area contributed by atoms with Gasteiger partial charge in [-0.2, -0.15) is 0 Å². The second-order valence-electron chi connectivity index (χ2n) is 5.40. The molecule has 0 fully saturated rings. The number of rotatable bonds is 13. The Kier molecular flexibility index (Phi) is 11.3. The second-order valence-corrected chi connectivity index (χ2v) is 5.40. The van der Waals surface area contributed by atoms with Crippen molar-refractivity contribution in [1.29, 1.82) is 0 Å². The quantitative estimate of drug-likeness (QED) is 0.534. The number of unbranched alkanes of at least 4 members (excludes halogenated alkanes) is 6. The van der Waals surface area contributed by atoms with Crippen molar-refractivity contribution < 1.29 is 4.74 Å². The average molecular weight is 277 g/mol. The van der Waals surface area contributed by atoms with Gasteiger partial charge in [-0.3, -0.25) is 0 Å². The molecular formula is C18H31NO. The first-order valence-corrected chi connectivity index (χ1v) is 8.26. The molecule has 0 spiro atoms. The van der Waals surface area contributed by atoms with Crippen molar-refractivity contribution in [1.82, 2.24) is 5.32 Å². The summed E-state index contributed by atoms with van der Waals surface area (Å²) in [7, 11) is 0. The van der Waals surface area contributed by atoms with Crippen molar-refractivity contribution in [3.05, 3.63) is 35.9 Å². The second kappa shape index (κ2) is 13.1. The third kappa shape index (κ3) is 9.99. The molecule has 1 aromatic carbocycles. The molecular weight excluding hydrogens is 246 g/mol. The van der Waals surface area contributed by atoms with Gasteiger partial charge in [0.2, 0.25) is 0 Å². The summed E-state index contributed by atoms with van der Waals surface area (Å²) in [6.07, 6.45) is 9.43. The molecule has 0 saturated heterocycles. The van der Waals surface area contributed by atoms with Gasteiger partial charge in [0.15, 0.2) is 0 Å². The molecule has 0 aromatic heterocycles. The lowest BCUT2D eigenvalue weighted by atomic mass is 10.1. The summed E-state index contributed by atoms with van der Waals surface area (Å²) in [6.45, 7) is 5.87. The van der Waals surface area contributed by atoms with E-state index in [4.69, 9.17) is 4.74 Å². The van der Waals surface area contributed by atoms with Gasteiger partial charge in [0.05, 0.1) is 6.61 Å². The van der Waals surface area contributed by atoms with Crippen LogP contribution in [0.3, 0.4) is 0 Å². The zero-order valence-electron chi connectivity index (χ0n) is 13.1. The van der Waals surface area contributed by atoms with Gasteiger partial charge in [-0.25, -0.2) is 0 Å². The van der Waals surface area contributed by atoms with Crippen LogP contribution in [0.15, 0.2) is 30.3 Å². The Morgan fingerprint density at radius 1 is 0.850 bits per heavy atom. The molecule has 0 heterocycles. The van der Waals surface area contributed by atoms with Crippen LogP contribution in [0.25, 0.3) is 0 Å². The van der Waals surface area contributed by atoms with E-state index in [1.54, 1.807) is 0 Å². The highest BCUT2D eigenvalue weighted by atomic mass is 16.5. The van der Waals surface area contributed by atoms with Crippen LogP contribution in [-0.4, -0.2) is 19.8 Å². The molecule has 0 aliphatic heterocycles. The zero-order chi connectivity index (χ0) is 14.3. The maximum absolute atomic E-state index is 5.64. The first-order chi connectivity index (χ1) is 9.93. The van der Waals surface area contributed by atoms with Crippen LogP contribution in [0.5, 0.6) is 0 Å². The van der Waals surface area contributed by atoms with Crippen molar-refractivity contribution in [2.45, 2.75) is 58.4 Å². The van der Waals surface area contributed by atoms with Crippen molar-refractivity contribution in [3.63, 3.8) is 0 Å². The summed E-state index contributed by atoms with van der Waals surface area (Å²) in [5.74, 6) is 0. The standard InChI is InChI=1S/C18H31NO/c1-2-3-4-5-6-7-11-15-20-16-14-19-17-18-12-9-8-10-13-18/h8-10,12-13,19H,2-7,11,14-17H2,1H3. The topological polar surface area (TPSA) is 21.3 Å². The molecule has 0 aliphatic rings. The van der Waals surface area contributed by atoms with Crippen LogP contribution < -0.4 is 5.32 Å². The zero-order valence-corrected chi connectivity index (χ0v) is 13.1. The summed E-state index contributed by atoms with van der Waals surface area (Å²) in [5.41, 5.74) is 1.33. The Labute approximate surface area is 124 Å². The maximum atomic E-state index is 5.64. The van der Waals surface area contributed by atoms with Crippen LogP contribution in [0, 0.1) is 0 Å². The summed E-state index contributed by atoms with van der Waals surface area (Å²) in [6, 6.07) is 10.5. The Bertz CT molecular complexity index is 300. The molecule has 20 heavy (non-hydrogen) atoms. The van der Waals surface area contributed by atoms with Gasteiger partial charge < -0.3 is 10.1 Å². The van der Waals surface area contributed by atoms with E-state index in [1.807, 2.05) is 0 Å². The molecule has 0 saturated carbocycles. The van der Waals surface area contributed by atoms with Gasteiger partial charge in [0, 0.05) is 19.7 Å². The fourth-order valence-electron chi connectivity index (χ4n) is 2.24. The smallest absolute Gasteiger partial charge is 0.0591 e. The third-order valence-corrected chi connectivity index (χ3v) is 3.49. The van der Waals surface area contributed by atoms with Crippen molar-refractivity contribution >= 4 is 0 Å². The molecule has 0 bridgehead atoms. The normalized spacial score (nSPS) is 10.8. The predicted octanol–water partition coefficient (Wildman–Crippen LogP) is 4.54.